The highest BCUT2D eigenvalue weighted by Crippen LogP contribution is 2.40. The molecule has 1 aliphatic rings. The first-order valence-electron chi connectivity index (χ1n) is 11.8. The number of aliphatic hydroxyl groups is 1. The van der Waals surface area contributed by atoms with Gasteiger partial charge >= 0.3 is 0 Å². The molecule has 4 N–H and O–H groups in total. The number of hydrogen-bond acceptors (Lipinski definition) is 3. The van der Waals surface area contributed by atoms with Crippen LogP contribution in [0, 0.1) is 5.41 Å². The minimum Gasteiger partial charge on any atom is -0.390 e. The fourth-order valence-corrected chi connectivity index (χ4v) is 4.13. The van der Waals surface area contributed by atoms with E-state index in [4.69, 9.17) is 5.73 Å². The van der Waals surface area contributed by atoms with Gasteiger partial charge in [-0.05, 0) is 49.7 Å². The van der Waals surface area contributed by atoms with Gasteiger partial charge in [0.1, 0.15) is 6.61 Å². The Hall–Kier alpha value is -2.76. The number of nitrogens with zero attached hydrogens (tertiary/aromatic N) is 1. The third kappa shape index (κ3) is 8.60. The van der Waals surface area contributed by atoms with Crippen LogP contribution in [0.1, 0.15) is 58.2 Å². The largest absolute Gasteiger partial charge is 0.390 e. The molecule has 33 heavy (non-hydrogen) atoms. The number of rotatable bonds is 10. The van der Waals surface area contributed by atoms with E-state index in [0.717, 1.165) is 11.3 Å². The fraction of sp³-hybridized carbons (Fsp3) is 0.429. The van der Waals surface area contributed by atoms with Crippen molar-refractivity contribution in [3.8, 4) is 0 Å². The highest BCUT2D eigenvalue weighted by molar-refractivity contribution is 5.91. The lowest BCUT2D eigenvalue weighted by atomic mass is 9.72. The molecule has 5 heteroatoms. The molecule has 0 radical (unpaired) electrons. The van der Waals surface area contributed by atoms with Crippen molar-refractivity contribution in [1.29, 1.82) is 0 Å². The molecule has 0 aromatic carbocycles. The molecular formula is C28H40N3O2+. The Bertz CT molecular complexity index is 965. The first-order valence-corrected chi connectivity index (χ1v) is 11.8. The SMILES string of the molecule is CC(C=CC1=C(C)CCCC1(C)C)=CC=Cc1cc[n+](CCO)c(C=CC(=O)NCCN)c1. The molecule has 0 saturated heterocycles. The van der Waals surface area contributed by atoms with Crippen LogP contribution >= 0.6 is 0 Å². The van der Waals surface area contributed by atoms with Gasteiger partial charge in [-0.2, -0.15) is 4.57 Å². The van der Waals surface area contributed by atoms with E-state index in [0.29, 0.717) is 19.6 Å². The first-order chi connectivity index (χ1) is 15.8. The van der Waals surface area contributed by atoms with Gasteiger partial charge in [-0.1, -0.05) is 55.4 Å². The summed E-state index contributed by atoms with van der Waals surface area (Å²) in [5, 5.41) is 12.1. The average molecular weight is 451 g/mol. The van der Waals surface area contributed by atoms with Crippen molar-refractivity contribution in [3.63, 3.8) is 0 Å². The van der Waals surface area contributed by atoms with Crippen LogP contribution in [0.3, 0.4) is 0 Å². The van der Waals surface area contributed by atoms with Gasteiger partial charge in [0, 0.05) is 37.4 Å². The monoisotopic (exact) mass is 450 g/mol. The molecule has 1 amide bonds. The van der Waals surface area contributed by atoms with Crippen LogP contribution in [0.25, 0.3) is 12.2 Å². The molecule has 0 unspecified atom stereocenters. The number of carbonyl (C=O) groups excluding carboxylic acids is 1. The van der Waals surface area contributed by atoms with Crippen molar-refractivity contribution in [1.82, 2.24) is 5.32 Å². The second-order valence-electron chi connectivity index (χ2n) is 9.25. The van der Waals surface area contributed by atoms with Crippen molar-refractivity contribution in [2.75, 3.05) is 19.7 Å². The molecule has 2 rings (SSSR count). The summed E-state index contributed by atoms with van der Waals surface area (Å²) in [6.45, 7) is 10.4. The van der Waals surface area contributed by atoms with Crippen LogP contribution in [-0.2, 0) is 11.3 Å². The summed E-state index contributed by atoms with van der Waals surface area (Å²) in [5.41, 5.74) is 11.7. The molecule has 1 aromatic rings. The number of hydrogen-bond donors (Lipinski definition) is 3. The predicted molar refractivity (Wildman–Crippen MR) is 137 cm³/mol. The number of amides is 1. The molecule has 1 aliphatic carbocycles. The zero-order valence-corrected chi connectivity index (χ0v) is 20.6. The Kier molecular flexibility index (Phi) is 10.5. The molecule has 0 saturated carbocycles. The maximum absolute atomic E-state index is 11.9. The third-order valence-electron chi connectivity index (χ3n) is 5.99. The fourth-order valence-electron chi connectivity index (χ4n) is 4.13. The van der Waals surface area contributed by atoms with Gasteiger partial charge in [0.25, 0.3) is 0 Å². The van der Waals surface area contributed by atoms with Crippen molar-refractivity contribution in [2.24, 2.45) is 11.1 Å². The number of aliphatic hydroxyl groups excluding tert-OH is 1. The van der Waals surface area contributed by atoms with Crippen LogP contribution in [0.2, 0.25) is 0 Å². The predicted octanol–water partition coefficient (Wildman–Crippen LogP) is 4.10. The molecule has 1 aromatic heterocycles. The van der Waals surface area contributed by atoms with Gasteiger partial charge in [-0.3, -0.25) is 4.79 Å². The number of nitrogens with one attached hydrogen (secondary N) is 1. The summed E-state index contributed by atoms with van der Waals surface area (Å²) in [6.07, 6.45) is 19.5. The molecule has 0 bridgehead atoms. The van der Waals surface area contributed by atoms with Gasteiger partial charge in [0.2, 0.25) is 11.6 Å². The van der Waals surface area contributed by atoms with Gasteiger partial charge in [0.15, 0.2) is 12.7 Å². The van der Waals surface area contributed by atoms with Crippen molar-refractivity contribution in [2.45, 2.75) is 53.5 Å². The van der Waals surface area contributed by atoms with Crippen molar-refractivity contribution in [3.05, 3.63) is 76.7 Å². The number of pyridine rings is 1. The van der Waals surface area contributed by atoms with Crippen molar-refractivity contribution < 1.29 is 14.5 Å². The van der Waals surface area contributed by atoms with E-state index >= 15 is 0 Å². The van der Waals surface area contributed by atoms with Crippen LogP contribution in [-0.4, -0.2) is 30.7 Å². The molecule has 178 valence electrons. The number of carbonyl (C=O) groups is 1. The quantitative estimate of drug-likeness (QED) is 0.285. The van der Waals surface area contributed by atoms with E-state index in [9.17, 15) is 9.90 Å². The van der Waals surface area contributed by atoms with E-state index in [-0.39, 0.29) is 17.9 Å². The third-order valence-corrected chi connectivity index (χ3v) is 5.99. The zero-order valence-electron chi connectivity index (χ0n) is 20.6. The Morgan fingerprint density at radius 2 is 2.06 bits per heavy atom. The Morgan fingerprint density at radius 1 is 1.27 bits per heavy atom. The van der Waals surface area contributed by atoms with E-state index in [1.165, 1.54) is 42.1 Å². The zero-order chi connectivity index (χ0) is 24.3. The number of allylic oxidation sites excluding steroid dienone is 7. The molecule has 0 spiro atoms. The summed E-state index contributed by atoms with van der Waals surface area (Å²) in [7, 11) is 0. The minimum absolute atomic E-state index is 0.0288. The van der Waals surface area contributed by atoms with Crippen molar-refractivity contribution >= 4 is 18.1 Å². The maximum atomic E-state index is 11.9. The topological polar surface area (TPSA) is 79.2 Å². The lowest BCUT2D eigenvalue weighted by Gasteiger charge is -2.32. The summed E-state index contributed by atoms with van der Waals surface area (Å²) in [6, 6.07) is 3.99. The molecule has 0 atom stereocenters. The van der Waals surface area contributed by atoms with Gasteiger partial charge < -0.3 is 16.2 Å². The number of nitrogens with two attached hydrogens (primary N) is 1. The Morgan fingerprint density at radius 3 is 2.76 bits per heavy atom. The Labute approximate surface area is 199 Å². The van der Waals surface area contributed by atoms with Crippen LogP contribution in [0.4, 0.5) is 0 Å². The normalized spacial score (nSPS) is 17.0. The Balaban J connectivity index is 2.14. The average Bonchev–Trinajstić information content (AvgIpc) is 2.77. The summed E-state index contributed by atoms with van der Waals surface area (Å²) >= 11 is 0. The molecule has 0 fully saturated rings. The minimum atomic E-state index is -0.186. The summed E-state index contributed by atoms with van der Waals surface area (Å²) < 4.78 is 1.91. The molecule has 5 nitrogen and oxygen atoms in total. The molecular weight excluding hydrogens is 410 g/mol. The summed E-state index contributed by atoms with van der Waals surface area (Å²) in [4.78, 5) is 11.9. The molecule has 0 aliphatic heterocycles. The smallest absolute Gasteiger partial charge is 0.244 e. The van der Waals surface area contributed by atoms with E-state index in [2.05, 4.69) is 51.2 Å². The van der Waals surface area contributed by atoms with Crippen LogP contribution < -0.4 is 15.6 Å². The first kappa shape index (κ1) is 26.5. The second-order valence-corrected chi connectivity index (χ2v) is 9.25. The van der Waals surface area contributed by atoms with Crippen LogP contribution in [0.15, 0.2) is 65.4 Å². The van der Waals surface area contributed by atoms with Gasteiger partial charge in [-0.25, -0.2) is 0 Å². The molecule has 1 heterocycles. The maximum Gasteiger partial charge on any atom is 0.244 e. The van der Waals surface area contributed by atoms with E-state index in [1.807, 2.05) is 35.0 Å². The highest BCUT2D eigenvalue weighted by atomic mass is 16.3. The second kappa shape index (κ2) is 13.1. The lowest BCUT2D eigenvalue weighted by molar-refractivity contribution is -0.699. The van der Waals surface area contributed by atoms with E-state index in [1.54, 1.807) is 6.08 Å². The highest BCUT2D eigenvalue weighted by Gasteiger charge is 2.26. The number of aromatic nitrogens is 1. The standard InChI is InChI=1S/C28H39N3O2/c1-22(10-12-26-23(2)8-6-15-28(26,3)4)7-5-9-24-14-18-31(19-20-32)25(21-24)11-13-27(33)30-17-16-29/h5,7,9-14,18,21,32H,6,8,15-17,19-20,29H2,1-4H3/p+1. The lowest BCUT2D eigenvalue weighted by Crippen LogP contribution is -2.38. The van der Waals surface area contributed by atoms with Gasteiger partial charge in [0.05, 0.1) is 0 Å². The van der Waals surface area contributed by atoms with E-state index < -0.39 is 0 Å². The van der Waals surface area contributed by atoms with Crippen LogP contribution in [0.5, 0.6) is 0 Å². The summed E-state index contributed by atoms with van der Waals surface area (Å²) in [5.74, 6) is -0.186. The van der Waals surface area contributed by atoms with Gasteiger partial charge in [-0.15, -0.1) is 0 Å².